The Hall–Kier alpha value is -3.80. The molecule has 4 amide bonds. The summed E-state index contributed by atoms with van der Waals surface area (Å²) in [7, 11) is 0. The SMILES string of the molecule is O=C(Nc1ccc(NC(=O)N2CCC(Cc3ccccc3)CC2)cc1)N1CCC(Cc2ccccc2)CC1. The number of anilines is 2. The summed E-state index contributed by atoms with van der Waals surface area (Å²) < 4.78 is 0. The maximum absolute atomic E-state index is 12.8. The Morgan fingerprint density at radius 3 is 1.24 bits per heavy atom. The third-order valence-electron chi connectivity index (χ3n) is 7.93. The van der Waals surface area contributed by atoms with Crippen LogP contribution in [-0.2, 0) is 12.8 Å². The molecule has 0 spiro atoms. The van der Waals surface area contributed by atoms with E-state index >= 15 is 0 Å². The van der Waals surface area contributed by atoms with Crippen LogP contribution >= 0.6 is 0 Å². The average Bonchev–Trinajstić information content (AvgIpc) is 2.96. The van der Waals surface area contributed by atoms with E-state index in [9.17, 15) is 9.59 Å². The fourth-order valence-electron chi connectivity index (χ4n) is 5.62. The van der Waals surface area contributed by atoms with E-state index in [-0.39, 0.29) is 12.1 Å². The van der Waals surface area contributed by atoms with Crippen molar-refractivity contribution in [1.82, 2.24) is 9.80 Å². The van der Waals surface area contributed by atoms with Crippen LogP contribution in [0.2, 0.25) is 0 Å². The maximum Gasteiger partial charge on any atom is 0.321 e. The largest absolute Gasteiger partial charge is 0.325 e. The van der Waals surface area contributed by atoms with Crippen LogP contribution in [-0.4, -0.2) is 48.0 Å². The normalized spacial score (nSPS) is 16.7. The number of nitrogens with zero attached hydrogens (tertiary/aromatic N) is 2. The van der Waals surface area contributed by atoms with Crippen LogP contribution in [0.3, 0.4) is 0 Å². The summed E-state index contributed by atoms with van der Waals surface area (Å²) >= 11 is 0. The highest BCUT2D eigenvalue weighted by Crippen LogP contribution is 2.24. The minimum absolute atomic E-state index is 0.0571. The van der Waals surface area contributed by atoms with Gasteiger partial charge in [0, 0.05) is 37.6 Å². The average molecular weight is 511 g/mol. The van der Waals surface area contributed by atoms with Gasteiger partial charge in [-0.05, 0) is 85.8 Å². The first kappa shape index (κ1) is 25.8. The molecule has 38 heavy (non-hydrogen) atoms. The molecule has 6 heteroatoms. The van der Waals surface area contributed by atoms with Crippen molar-refractivity contribution in [3.05, 3.63) is 96.1 Å². The van der Waals surface area contributed by atoms with Gasteiger partial charge in [-0.15, -0.1) is 0 Å². The standard InChI is InChI=1S/C32H38N4O2/c37-31(35-19-15-27(16-20-35)23-25-7-3-1-4-8-25)33-29-11-13-30(14-12-29)34-32(38)36-21-17-28(18-22-36)24-26-9-5-2-6-10-26/h1-14,27-28H,15-24H2,(H,33,37)(H,34,38). The Morgan fingerprint density at radius 1 is 0.553 bits per heavy atom. The number of amides is 4. The van der Waals surface area contributed by atoms with Gasteiger partial charge in [-0.2, -0.15) is 0 Å². The van der Waals surface area contributed by atoms with Crippen molar-refractivity contribution >= 4 is 23.4 Å². The molecule has 6 nitrogen and oxygen atoms in total. The van der Waals surface area contributed by atoms with Crippen LogP contribution in [0.15, 0.2) is 84.9 Å². The van der Waals surface area contributed by atoms with Crippen LogP contribution < -0.4 is 10.6 Å². The fraction of sp³-hybridized carbons (Fsp3) is 0.375. The van der Waals surface area contributed by atoms with Gasteiger partial charge in [0.15, 0.2) is 0 Å². The maximum atomic E-state index is 12.8. The van der Waals surface area contributed by atoms with E-state index in [0.717, 1.165) is 76.1 Å². The molecule has 0 aliphatic carbocycles. The van der Waals surface area contributed by atoms with Crippen molar-refractivity contribution < 1.29 is 9.59 Å². The third-order valence-corrected chi connectivity index (χ3v) is 7.93. The van der Waals surface area contributed by atoms with E-state index in [2.05, 4.69) is 59.2 Å². The van der Waals surface area contributed by atoms with Crippen molar-refractivity contribution in [2.75, 3.05) is 36.8 Å². The predicted octanol–water partition coefficient (Wildman–Crippen LogP) is 6.66. The number of carbonyl (C=O) groups is 2. The Morgan fingerprint density at radius 2 is 0.895 bits per heavy atom. The number of carbonyl (C=O) groups excluding carboxylic acids is 2. The Balaban J connectivity index is 1.03. The summed E-state index contributed by atoms with van der Waals surface area (Å²) in [5.41, 5.74) is 4.22. The molecule has 5 rings (SSSR count). The molecule has 198 valence electrons. The van der Waals surface area contributed by atoms with Gasteiger partial charge in [-0.25, -0.2) is 9.59 Å². The van der Waals surface area contributed by atoms with Crippen molar-refractivity contribution in [2.45, 2.75) is 38.5 Å². The van der Waals surface area contributed by atoms with E-state index in [1.165, 1.54) is 11.1 Å². The monoisotopic (exact) mass is 510 g/mol. The van der Waals surface area contributed by atoms with Crippen molar-refractivity contribution in [1.29, 1.82) is 0 Å². The van der Waals surface area contributed by atoms with Gasteiger partial charge in [0.25, 0.3) is 0 Å². The minimum Gasteiger partial charge on any atom is -0.325 e. The van der Waals surface area contributed by atoms with Gasteiger partial charge >= 0.3 is 12.1 Å². The highest BCUT2D eigenvalue weighted by atomic mass is 16.2. The number of benzene rings is 3. The van der Waals surface area contributed by atoms with Gasteiger partial charge in [0.05, 0.1) is 0 Å². The zero-order chi connectivity index (χ0) is 26.2. The van der Waals surface area contributed by atoms with E-state index < -0.39 is 0 Å². The van der Waals surface area contributed by atoms with Gasteiger partial charge < -0.3 is 20.4 Å². The number of rotatable bonds is 6. The molecule has 0 bridgehead atoms. The Kier molecular flexibility index (Phi) is 8.59. The first-order chi connectivity index (χ1) is 18.6. The molecule has 2 aliphatic rings. The van der Waals surface area contributed by atoms with Crippen molar-refractivity contribution in [2.24, 2.45) is 11.8 Å². The van der Waals surface area contributed by atoms with Crippen LogP contribution in [0.5, 0.6) is 0 Å². The Bertz CT molecular complexity index is 1070. The molecule has 2 fully saturated rings. The summed E-state index contributed by atoms with van der Waals surface area (Å²) in [6.45, 7) is 3.11. The molecule has 2 heterocycles. The first-order valence-electron chi connectivity index (χ1n) is 13.9. The lowest BCUT2D eigenvalue weighted by Crippen LogP contribution is -2.41. The van der Waals surface area contributed by atoms with E-state index in [0.29, 0.717) is 11.8 Å². The summed E-state index contributed by atoms with van der Waals surface area (Å²) in [5.74, 6) is 1.25. The highest BCUT2D eigenvalue weighted by Gasteiger charge is 2.24. The van der Waals surface area contributed by atoms with E-state index in [1.807, 2.05) is 46.2 Å². The third kappa shape index (κ3) is 7.15. The molecule has 2 saturated heterocycles. The second-order valence-electron chi connectivity index (χ2n) is 10.7. The quantitative estimate of drug-likeness (QED) is 0.389. The summed E-state index contributed by atoms with van der Waals surface area (Å²) in [4.78, 5) is 29.4. The van der Waals surface area contributed by atoms with Gasteiger partial charge in [0.2, 0.25) is 0 Å². The predicted molar refractivity (Wildman–Crippen MR) is 153 cm³/mol. The lowest BCUT2D eigenvalue weighted by Gasteiger charge is -2.32. The molecule has 3 aromatic carbocycles. The summed E-state index contributed by atoms with van der Waals surface area (Å²) in [6, 6.07) is 28.5. The first-order valence-corrected chi connectivity index (χ1v) is 13.9. The lowest BCUT2D eigenvalue weighted by molar-refractivity contribution is 0.182. The second-order valence-corrected chi connectivity index (χ2v) is 10.7. The minimum atomic E-state index is -0.0571. The molecule has 0 unspecified atom stereocenters. The van der Waals surface area contributed by atoms with Crippen LogP contribution in [0.25, 0.3) is 0 Å². The van der Waals surface area contributed by atoms with Crippen LogP contribution in [0, 0.1) is 11.8 Å². The highest BCUT2D eigenvalue weighted by molar-refractivity contribution is 5.91. The molecular weight excluding hydrogens is 472 g/mol. The molecule has 0 atom stereocenters. The number of piperidine rings is 2. The fourth-order valence-corrected chi connectivity index (χ4v) is 5.62. The zero-order valence-corrected chi connectivity index (χ0v) is 22.0. The van der Waals surface area contributed by atoms with Crippen molar-refractivity contribution in [3.63, 3.8) is 0 Å². The van der Waals surface area contributed by atoms with Crippen LogP contribution in [0.1, 0.15) is 36.8 Å². The molecule has 0 aromatic heterocycles. The molecule has 0 saturated carbocycles. The number of hydrogen-bond acceptors (Lipinski definition) is 2. The van der Waals surface area contributed by atoms with Gasteiger partial charge in [-0.3, -0.25) is 0 Å². The smallest absolute Gasteiger partial charge is 0.321 e. The summed E-state index contributed by atoms with van der Waals surface area (Å²) in [5, 5.41) is 6.02. The molecule has 3 aromatic rings. The molecular formula is C32H38N4O2. The lowest BCUT2D eigenvalue weighted by atomic mass is 9.90. The van der Waals surface area contributed by atoms with E-state index in [4.69, 9.17) is 0 Å². The number of likely N-dealkylation sites (tertiary alicyclic amines) is 2. The second kappa shape index (κ2) is 12.6. The zero-order valence-electron chi connectivity index (χ0n) is 22.0. The van der Waals surface area contributed by atoms with E-state index in [1.54, 1.807) is 0 Å². The molecule has 2 aliphatic heterocycles. The number of nitrogens with one attached hydrogen (secondary N) is 2. The number of urea groups is 2. The van der Waals surface area contributed by atoms with Gasteiger partial charge in [0.1, 0.15) is 0 Å². The van der Waals surface area contributed by atoms with Crippen molar-refractivity contribution in [3.8, 4) is 0 Å². The van der Waals surface area contributed by atoms with Gasteiger partial charge in [-0.1, -0.05) is 60.7 Å². The Labute approximate surface area is 226 Å². The van der Waals surface area contributed by atoms with Crippen LogP contribution in [0.4, 0.5) is 21.0 Å². The summed E-state index contributed by atoms with van der Waals surface area (Å²) in [6.07, 6.45) is 6.26. The molecule has 2 N–H and O–H groups in total. The topological polar surface area (TPSA) is 64.7 Å². The molecule has 0 radical (unpaired) electrons. The number of hydrogen-bond donors (Lipinski definition) is 2.